The van der Waals surface area contributed by atoms with E-state index in [1.165, 1.54) is 11.8 Å². The molecule has 0 bridgehead atoms. The summed E-state index contributed by atoms with van der Waals surface area (Å²) in [6, 6.07) is 14.8. The number of hydrogen-bond acceptors (Lipinski definition) is 5. The van der Waals surface area contributed by atoms with Crippen molar-refractivity contribution >= 4 is 34.3 Å². The lowest BCUT2D eigenvalue weighted by Crippen LogP contribution is -2.29. The van der Waals surface area contributed by atoms with Gasteiger partial charge in [-0.3, -0.25) is 9.36 Å². The van der Waals surface area contributed by atoms with Crippen molar-refractivity contribution in [2.45, 2.75) is 30.6 Å². The van der Waals surface area contributed by atoms with Gasteiger partial charge in [0.15, 0.2) is 5.16 Å². The van der Waals surface area contributed by atoms with Crippen LogP contribution in [0.25, 0.3) is 10.9 Å². The van der Waals surface area contributed by atoms with Crippen molar-refractivity contribution in [1.29, 1.82) is 0 Å². The smallest absolute Gasteiger partial charge is 0.262 e. The number of rotatable bonds is 7. The van der Waals surface area contributed by atoms with Crippen LogP contribution in [0.5, 0.6) is 5.75 Å². The molecule has 1 saturated heterocycles. The first-order chi connectivity index (χ1) is 13.7. The van der Waals surface area contributed by atoms with Crippen LogP contribution in [0.15, 0.2) is 58.5 Å². The highest BCUT2D eigenvalue weighted by molar-refractivity contribution is 7.99. The molecule has 28 heavy (non-hydrogen) atoms. The van der Waals surface area contributed by atoms with Crippen LogP contribution in [0, 0.1) is 0 Å². The number of nitrogens with zero attached hydrogens (tertiary/aromatic N) is 2. The van der Waals surface area contributed by atoms with E-state index in [0.29, 0.717) is 34.5 Å². The summed E-state index contributed by atoms with van der Waals surface area (Å²) >= 11 is 7.42. The van der Waals surface area contributed by atoms with Crippen molar-refractivity contribution in [3.8, 4) is 5.75 Å². The fourth-order valence-corrected chi connectivity index (χ4v) is 4.19. The normalized spacial score (nSPS) is 16.5. The Labute approximate surface area is 172 Å². The number of benzene rings is 2. The van der Waals surface area contributed by atoms with Gasteiger partial charge in [-0.15, -0.1) is 0 Å². The van der Waals surface area contributed by atoms with Crippen LogP contribution in [0.4, 0.5) is 0 Å². The molecule has 1 aromatic heterocycles. The summed E-state index contributed by atoms with van der Waals surface area (Å²) in [6.45, 7) is 1.81. The van der Waals surface area contributed by atoms with Crippen LogP contribution in [0.3, 0.4) is 0 Å². The topological polar surface area (TPSA) is 53.3 Å². The zero-order valence-electron chi connectivity index (χ0n) is 15.3. The van der Waals surface area contributed by atoms with E-state index in [-0.39, 0.29) is 11.7 Å². The average Bonchev–Trinajstić information content (AvgIpc) is 3.22. The van der Waals surface area contributed by atoms with Gasteiger partial charge in [0.1, 0.15) is 5.75 Å². The fourth-order valence-electron chi connectivity index (χ4n) is 3.23. The molecule has 0 spiro atoms. The molecule has 0 N–H and O–H groups in total. The third-order valence-corrected chi connectivity index (χ3v) is 5.83. The summed E-state index contributed by atoms with van der Waals surface area (Å²) in [5.41, 5.74) is 0.708. The summed E-state index contributed by atoms with van der Waals surface area (Å²) in [6.07, 6.45) is 2.09. The lowest BCUT2D eigenvalue weighted by Gasteiger charge is -2.16. The molecule has 2 aromatic carbocycles. The zero-order valence-corrected chi connectivity index (χ0v) is 16.9. The van der Waals surface area contributed by atoms with Gasteiger partial charge in [-0.1, -0.05) is 35.5 Å². The van der Waals surface area contributed by atoms with Gasteiger partial charge in [0.2, 0.25) is 0 Å². The van der Waals surface area contributed by atoms with Gasteiger partial charge in [0.25, 0.3) is 5.56 Å². The number of fused-ring (bicyclic) bond motifs is 1. The van der Waals surface area contributed by atoms with Crippen molar-refractivity contribution in [3.63, 3.8) is 0 Å². The first-order valence-electron chi connectivity index (χ1n) is 9.33. The highest BCUT2D eigenvalue weighted by Gasteiger charge is 2.20. The lowest BCUT2D eigenvalue weighted by molar-refractivity contribution is 0.0937. The second-order valence-corrected chi connectivity index (χ2v) is 8.11. The highest BCUT2D eigenvalue weighted by Crippen LogP contribution is 2.21. The monoisotopic (exact) mass is 416 g/mol. The standard InChI is InChI=1S/C21H21ClN2O3S/c22-15-7-9-16(10-8-15)27-12-13-28-21-23-19-6-2-1-5-18(19)20(25)24(21)14-17-4-3-11-26-17/h1-2,5-10,17H,3-4,11-14H2. The Kier molecular flexibility index (Phi) is 6.20. The Hall–Kier alpha value is -2.02. The molecule has 0 aliphatic carbocycles. The molecule has 0 radical (unpaired) electrons. The molecule has 1 aliphatic rings. The van der Waals surface area contributed by atoms with E-state index in [0.717, 1.165) is 30.7 Å². The SMILES string of the molecule is O=c1c2ccccc2nc(SCCOc2ccc(Cl)cc2)n1CC1CCCO1. The van der Waals surface area contributed by atoms with Crippen LogP contribution >= 0.6 is 23.4 Å². The summed E-state index contributed by atoms with van der Waals surface area (Å²) in [4.78, 5) is 17.8. The van der Waals surface area contributed by atoms with E-state index in [1.54, 1.807) is 16.7 Å². The Morgan fingerprint density at radius 2 is 2.04 bits per heavy atom. The third kappa shape index (κ3) is 4.51. The molecule has 1 aliphatic heterocycles. The first kappa shape index (κ1) is 19.3. The molecule has 1 unspecified atom stereocenters. The van der Waals surface area contributed by atoms with Gasteiger partial charge in [0.05, 0.1) is 30.2 Å². The maximum atomic E-state index is 13.0. The van der Waals surface area contributed by atoms with Crippen molar-refractivity contribution in [3.05, 3.63) is 63.9 Å². The Balaban J connectivity index is 1.50. The second-order valence-electron chi connectivity index (χ2n) is 6.61. The Bertz CT molecular complexity index is 1000. The molecule has 2 heterocycles. The van der Waals surface area contributed by atoms with E-state index in [4.69, 9.17) is 26.1 Å². The average molecular weight is 417 g/mol. The number of halogens is 1. The van der Waals surface area contributed by atoms with Gasteiger partial charge >= 0.3 is 0 Å². The van der Waals surface area contributed by atoms with Crippen molar-refractivity contribution in [2.24, 2.45) is 0 Å². The van der Waals surface area contributed by atoms with Crippen LogP contribution < -0.4 is 10.3 Å². The molecular weight excluding hydrogens is 396 g/mol. The fraction of sp³-hybridized carbons (Fsp3) is 0.333. The van der Waals surface area contributed by atoms with Crippen LogP contribution in [0.2, 0.25) is 5.02 Å². The number of aromatic nitrogens is 2. The lowest BCUT2D eigenvalue weighted by atomic mass is 10.2. The van der Waals surface area contributed by atoms with Crippen molar-refractivity contribution in [1.82, 2.24) is 9.55 Å². The molecule has 7 heteroatoms. The summed E-state index contributed by atoms with van der Waals surface area (Å²) in [7, 11) is 0. The number of para-hydroxylation sites is 1. The minimum absolute atomic E-state index is 0.0118. The van der Waals surface area contributed by atoms with Gasteiger partial charge in [-0.05, 0) is 49.2 Å². The maximum absolute atomic E-state index is 13.0. The molecular formula is C21H21ClN2O3S. The molecule has 0 saturated carbocycles. The number of thioether (sulfide) groups is 1. The number of hydrogen-bond donors (Lipinski definition) is 0. The predicted octanol–water partition coefficient (Wildman–Crippen LogP) is 4.40. The molecule has 0 amide bonds. The second kappa shape index (κ2) is 8.99. The first-order valence-corrected chi connectivity index (χ1v) is 10.7. The minimum Gasteiger partial charge on any atom is -0.493 e. The van der Waals surface area contributed by atoms with E-state index < -0.39 is 0 Å². The van der Waals surface area contributed by atoms with Crippen LogP contribution in [-0.2, 0) is 11.3 Å². The maximum Gasteiger partial charge on any atom is 0.262 e. The molecule has 3 aromatic rings. The zero-order chi connectivity index (χ0) is 19.3. The van der Waals surface area contributed by atoms with Crippen LogP contribution in [0.1, 0.15) is 12.8 Å². The van der Waals surface area contributed by atoms with Gasteiger partial charge < -0.3 is 9.47 Å². The summed E-state index contributed by atoms with van der Waals surface area (Å²) < 4.78 is 13.2. The van der Waals surface area contributed by atoms with E-state index >= 15 is 0 Å². The molecule has 5 nitrogen and oxygen atoms in total. The molecule has 1 fully saturated rings. The highest BCUT2D eigenvalue weighted by atomic mass is 35.5. The Morgan fingerprint density at radius 1 is 1.21 bits per heavy atom. The predicted molar refractivity (Wildman–Crippen MR) is 113 cm³/mol. The summed E-state index contributed by atoms with van der Waals surface area (Å²) in [5, 5.41) is 2.03. The molecule has 4 rings (SSSR count). The quantitative estimate of drug-likeness (QED) is 0.324. The van der Waals surface area contributed by atoms with E-state index in [9.17, 15) is 4.79 Å². The molecule has 146 valence electrons. The largest absolute Gasteiger partial charge is 0.493 e. The van der Waals surface area contributed by atoms with E-state index in [1.807, 2.05) is 36.4 Å². The van der Waals surface area contributed by atoms with Gasteiger partial charge in [-0.2, -0.15) is 0 Å². The van der Waals surface area contributed by atoms with E-state index in [2.05, 4.69) is 0 Å². The van der Waals surface area contributed by atoms with Crippen LogP contribution in [-0.4, -0.2) is 34.6 Å². The minimum atomic E-state index is -0.0118. The van der Waals surface area contributed by atoms with Crippen molar-refractivity contribution in [2.75, 3.05) is 19.0 Å². The Morgan fingerprint density at radius 3 is 2.82 bits per heavy atom. The number of ether oxygens (including phenoxy) is 2. The summed E-state index contributed by atoms with van der Waals surface area (Å²) in [5.74, 6) is 1.45. The third-order valence-electron chi connectivity index (χ3n) is 4.63. The van der Waals surface area contributed by atoms with Crippen molar-refractivity contribution < 1.29 is 9.47 Å². The van der Waals surface area contributed by atoms with Gasteiger partial charge in [0, 0.05) is 17.4 Å². The van der Waals surface area contributed by atoms with Gasteiger partial charge in [-0.25, -0.2) is 4.98 Å². The molecule has 1 atom stereocenters.